The first-order chi connectivity index (χ1) is 7.00. The maximum Gasteiger partial charge on any atom is 0.0956 e. The predicted molar refractivity (Wildman–Crippen MR) is 67.2 cm³/mol. The summed E-state index contributed by atoms with van der Waals surface area (Å²) in [6, 6.07) is 4.27. The molecule has 80 valence electrons. The van der Waals surface area contributed by atoms with Crippen molar-refractivity contribution in [1.82, 2.24) is 9.78 Å². The fourth-order valence-electron chi connectivity index (χ4n) is 2.13. The van der Waals surface area contributed by atoms with Crippen LogP contribution in [0.3, 0.4) is 0 Å². The highest BCUT2D eigenvalue weighted by Crippen LogP contribution is 2.29. The molecule has 1 heterocycles. The quantitative estimate of drug-likeness (QED) is 0.769. The molecule has 1 aromatic carbocycles. The minimum Gasteiger partial charge on any atom is -0.271 e. The Hall–Kier alpha value is -0.830. The highest BCUT2D eigenvalue weighted by Gasteiger charge is 2.13. The molecule has 0 radical (unpaired) electrons. The molecule has 2 rings (SSSR count). The minimum absolute atomic E-state index is 0.494. The molecule has 0 atom stereocenters. The Balaban J connectivity index is 2.86. The maximum absolute atomic E-state index is 4.57. The van der Waals surface area contributed by atoms with E-state index < -0.39 is 0 Å². The molecule has 1 aromatic heterocycles. The number of aromatic nitrogens is 2. The normalized spacial score (nSPS) is 11.6. The van der Waals surface area contributed by atoms with Gasteiger partial charge in [0.2, 0.25) is 0 Å². The first-order valence-electron chi connectivity index (χ1n) is 5.13. The van der Waals surface area contributed by atoms with Crippen LogP contribution in [0.4, 0.5) is 0 Å². The third kappa shape index (κ3) is 1.69. The molecule has 0 amide bonds. The lowest BCUT2D eigenvalue weighted by molar-refractivity contribution is 0.677. The van der Waals surface area contributed by atoms with E-state index in [-0.39, 0.29) is 0 Å². The zero-order valence-electron chi connectivity index (χ0n) is 9.50. The molecule has 0 bridgehead atoms. The monoisotopic (exact) mass is 266 g/mol. The summed E-state index contributed by atoms with van der Waals surface area (Å²) in [7, 11) is 2.02. The molecule has 3 heteroatoms. The van der Waals surface area contributed by atoms with E-state index in [2.05, 4.69) is 53.9 Å². The van der Waals surface area contributed by atoms with Gasteiger partial charge < -0.3 is 0 Å². The molecule has 2 aromatic rings. The van der Waals surface area contributed by atoms with Crippen molar-refractivity contribution in [2.24, 2.45) is 7.05 Å². The summed E-state index contributed by atoms with van der Waals surface area (Å²) in [6.45, 7) is 6.50. The van der Waals surface area contributed by atoms with E-state index in [1.807, 2.05) is 11.7 Å². The second kappa shape index (κ2) is 3.63. The van der Waals surface area contributed by atoms with Gasteiger partial charge in [-0.1, -0.05) is 29.8 Å². The number of hydrogen-bond donors (Lipinski definition) is 0. The molecule has 0 saturated heterocycles. The van der Waals surface area contributed by atoms with E-state index in [0.717, 1.165) is 9.99 Å². The van der Waals surface area contributed by atoms with Crippen molar-refractivity contribution >= 4 is 26.8 Å². The van der Waals surface area contributed by atoms with Crippen molar-refractivity contribution in [2.75, 3.05) is 0 Å². The van der Waals surface area contributed by atoms with Gasteiger partial charge in [-0.3, -0.25) is 4.68 Å². The van der Waals surface area contributed by atoms with E-state index in [1.54, 1.807) is 0 Å². The summed E-state index contributed by atoms with van der Waals surface area (Å²) >= 11 is 3.54. The summed E-state index contributed by atoms with van der Waals surface area (Å²) in [5, 5.41) is 5.83. The minimum atomic E-state index is 0.494. The Morgan fingerprint density at radius 3 is 2.60 bits per heavy atom. The van der Waals surface area contributed by atoms with Gasteiger partial charge in [-0.25, -0.2) is 0 Å². The van der Waals surface area contributed by atoms with Crippen molar-refractivity contribution < 1.29 is 0 Å². The van der Waals surface area contributed by atoms with Crippen LogP contribution in [-0.4, -0.2) is 9.78 Å². The van der Waals surface area contributed by atoms with Gasteiger partial charge in [-0.05, 0) is 30.5 Å². The van der Waals surface area contributed by atoms with Crippen LogP contribution in [0.2, 0.25) is 0 Å². The summed E-state index contributed by atoms with van der Waals surface area (Å²) in [5.41, 5.74) is 3.64. The van der Waals surface area contributed by atoms with Crippen LogP contribution >= 0.6 is 15.9 Å². The van der Waals surface area contributed by atoms with Crippen molar-refractivity contribution in [3.63, 3.8) is 0 Å². The summed E-state index contributed by atoms with van der Waals surface area (Å²) < 4.78 is 3.12. The number of benzene rings is 1. The molecular weight excluding hydrogens is 252 g/mol. The van der Waals surface area contributed by atoms with Crippen molar-refractivity contribution in [3.8, 4) is 0 Å². The first-order valence-corrected chi connectivity index (χ1v) is 5.92. The number of fused-ring (bicyclic) bond motifs is 1. The lowest BCUT2D eigenvalue weighted by atomic mass is 10.0. The highest BCUT2D eigenvalue weighted by molar-refractivity contribution is 9.10. The highest BCUT2D eigenvalue weighted by atomic mass is 79.9. The molecule has 0 spiro atoms. The van der Waals surface area contributed by atoms with Crippen LogP contribution in [0.25, 0.3) is 10.9 Å². The largest absolute Gasteiger partial charge is 0.271 e. The smallest absolute Gasteiger partial charge is 0.0956 e. The third-order valence-electron chi connectivity index (χ3n) is 2.69. The molecule has 15 heavy (non-hydrogen) atoms. The zero-order chi connectivity index (χ0) is 11.2. The summed E-state index contributed by atoms with van der Waals surface area (Å²) in [6.07, 6.45) is 0. The Morgan fingerprint density at radius 1 is 1.33 bits per heavy atom. The third-order valence-corrected chi connectivity index (χ3v) is 3.14. The SMILES string of the molecule is Cc1cc(Br)cc2c(C(C)C)n(C)nc12. The number of nitrogens with zero attached hydrogens (tertiary/aromatic N) is 2. The van der Waals surface area contributed by atoms with Crippen molar-refractivity contribution in [3.05, 3.63) is 27.9 Å². The van der Waals surface area contributed by atoms with Gasteiger partial charge in [0.15, 0.2) is 0 Å². The van der Waals surface area contributed by atoms with E-state index >= 15 is 0 Å². The number of rotatable bonds is 1. The van der Waals surface area contributed by atoms with Crippen LogP contribution in [0.15, 0.2) is 16.6 Å². The molecule has 0 fully saturated rings. The molecule has 0 N–H and O–H groups in total. The van der Waals surface area contributed by atoms with E-state index in [1.165, 1.54) is 16.6 Å². The van der Waals surface area contributed by atoms with Gasteiger partial charge in [-0.2, -0.15) is 5.10 Å². The molecule has 0 unspecified atom stereocenters. The lowest BCUT2D eigenvalue weighted by Gasteiger charge is -2.06. The van der Waals surface area contributed by atoms with Gasteiger partial charge in [0.1, 0.15) is 0 Å². The standard InChI is InChI=1S/C12H15BrN2/c1-7(2)12-10-6-9(13)5-8(3)11(10)14-15(12)4/h5-7H,1-4H3. The number of halogens is 1. The van der Waals surface area contributed by atoms with E-state index in [0.29, 0.717) is 5.92 Å². The molecule has 0 aliphatic heterocycles. The second-order valence-electron chi connectivity index (χ2n) is 4.28. The number of aryl methyl sites for hydroxylation is 2. The van der Waals surface area contributed by atoms with Gasteiger partial charge in [0.25, 0.3) is 0 Å². The average Bonchev–Trinajstić information content (AvgIpc) is 2.41. The van der Waals surface area contributed by atoms with Gasteiger partial charge in [0.05, 0.1) is 5.52 Å². The maximum atomic E-state index is 4.57. The molecule has 0 saturated carbocycles. The fraction of sp³-hybridized carbons (Fsp3) is 0.417. The first kappa shape index (κ1) is 10.7. The molecule has 0 aliphatic carbocycles. The van der Waals surface area contributed by atoms with Gasteiger partial charge >= 0.3 is 0 Å². The van der Waals surface area contributed by atoms with Crippen LogP contribution in [0.1, 0.15) is 31.0 Å². The van der Waals surface area contributed by atoms with Crippen LogP contribution in [-0.2, 0) is 7.05 Å². The zero-order valence-corrected chi connectivity index (χ0v) is 11.1. The van der Waals surface area contributed by atoms with Crippen molar-refractivity contribution in [2.45, 2.75) is 26.7 Å². The Morgan fingerprint density at radius 2 is 2.00 bits per heavy atom. The van der Waals surface area contributed by atoms with Crippen LogP contribution in [0, 0.1) is 6.92 Å². The molecule has 0 aliphatic rings. The Kier molecular flexibility index (Phi) is 2.59. The van der Waals surface area contributed by atoms with E-state index in [4.69, 9.17) is 0 Å². The lowest BCUT2D eigenvalue weighted by Crippen LogP contribution is -1.99. The second-order valence-corrected chi connectivity index (χ2v) is 5.20. The van der Waals surface area contributed by atoms with Gasteiger partial charge in [-0.15, -0.1) is 0 Å². The fourth-order valence-corrected chi connectivity index (χ4v) is 2.70. The Labute approximate surface area is 98.4 Å². The average molecular weight is 267 g/mol. The topological polar surface area (TPSA) is 17.8 Å². The van der Waals surface area contributed by atoms with E-state index in [9.17, 15) is 0 Å². The predicted octanol–water partition coefficient (Wildman–Crippen LogP) is 3.77. The van der Waals surface area contributed by atoms with Gasteiger partial charge in [0, 0.05) is 22.6 Å². The molecule has 2 nitrogen and oxygen atoms in total. The molecular formula is C12H15BrN2. The van der Waals surface area contributed by atoms with Crippen LogP contribution in [0.5, 0.6) is 0 Å². The number of hydrogen-bond acceptors (Lipinski definition) is 1. The van der Waals surface area contributed by atoms with Crippen LogP contribution < -0.4 is 0 Å². The summed E-state index contributed by atoms with van der Waals surface area (Å²) in [5.74, 6) is 0.494. The van der Waals surface area contributed by atoms with Crippen molar-refractivity contribution in [1.29, 1.82) is 0 Å². The Bertz CT molecular complexity index is 512. The summed E-state index contributed by atoms with van der Waals surface area (Å²) in [4.78, 5) is 0.